The number of nitrogens with zero attached hydrogens (tertiary/aromatic N) is 3. The summed E-state index contributed by atoms with van der Waals surface area (Å²) >= 11 is 0. The van der Waals surface area contributed by atoms with Gasteiger partial charge < -0.3 is 11.1 Å². The lowest BCUT2D eigenvalue weighted by atomic mass is 10.3. The largest absolute Gasteiger partial charge is 0.355 e. The minimum atomic E-state index is -0.129. The molecule has 1 atom stereocenters. The molecular weight excluding hydrogens is 226 g/mol. The number of anilines is 1. The molecule has 5 heteroatoms. The highest BCUT2D eigenvalue weighted by Gasteiger charge is 2.08. The van der Waals surface area contributed by atoms with Crippen molar-refractivity contribution < 1.29 is 0 Å². The zero-order chi connectivity index (χ0) is 12.7. The number of pyridine rings is 2. The average molecular weight is 241 g/mol. The number of aryl methyl sites for hydroxylation is 1. The normalized spacial score (nSPS) is 13.1. The Morgan fingerprint density at radius 1 is 1.22 bits per heavy atom. The lowest BCUT2D eigenvalue weighted by molar-refractivity contribution is 0.844. The predicted molar refractivity (Wildman–Crippen MR) is 72.5 cm³/mol. The van der Waals surface area contributed by atoms with Gasteiger partial charge in [-0.1, -0.05) is 6.07 Å². The molecule has 92 valence electrons. The van der Waals surface area contributed by atoms with E-state index in [0.717, 1.165) is 28.2 Å². The number of rotatable bonds is 2. The van der Waals surface area contributed by atoms with E-state index in [9.17, 15) is 0 Å². The second-order valence-corrected chi connectivity index (χ2v) is 4.47. The molecule has 0 radical (unpaired) electrons. The summed E-state index contributed by atoms with van der Waals surface area (Å²) < 4.78 is 2.00. The summed E-state index contributed by atoms with van der Waals surface area (Å²) in [7, 11) is 0. The van der Waals surface area contributed by atoms with Crippen molar-refractivity contribution in [3.63, 3.8) is 0 Å². The quantitative estimate of drug-likeness (QED) is 0.672. The van der Waals surface area contributed by atoms with Gasteiger partial charge in [0.25, 0.3) is 0 Å². The van der Waals surface area contributed by atoms with Crippen LogP contribution in [0.1, 0.15) is 12.5 Å². The van der Waals surface area contributed by atoms with Gasteiger partial charge in [-0.2, -0.15) is 0 Å². The summed E-state index contributed by atoms with van der Waals surface area (Å²) in [5.74, 6) is 0.765. The van der Waals surface area contributed by atoms with E-state index in [1.165, 1.54) is 0 Å². The number of nitrogens with two attached hydrogens (primary N) is 1. The van der Waals surface area contributed by atoms with Crippen LogP contribution in [0.15, 0.2) is 30.5 Å². The minimum Gasteiger partial charge on any atom is -0.355 e. The fourth-order valence-electron chi connectivity index (χ4n) is 2.05. The Labute approximate surface area is 105 Å². The summed E-state index contributed by atoms with van der Waals surface area (Å²) in [6.07, 6.45) is 1.84. The van der Waals surface area contributed by atoms with Gasteiger partial charge >= 0.3 is 0 Å². The maximum absolute atomic E-state index is 5.71. The van der Waals surface area contributed by atoms with E-state index in [4.69, 9.17) is 5.73 Å². The lowest BCUT2D eigenvalue weighted by Gasteiger charge is -2.08. The van der Waals surface area contributed by atoms with Crippen LogP contribution in [0.25, 0.3) is 16.8 Å². The smallest absolute Gasteiger partial charge is 0.166 e. The highest BCUT2D eigenvalue weighted by molar-refractivity contribution is 5.79. The van der Waals surface area contributed by atoms with Gasteiger partial charge in [0.2, 0.25) is 0 Å². The van der Waals surface area contributed by atoms with Gasteiger partial charge in [-0.15, -0.1) is 0 Å². The summed E-state index contributed by atoms with van der Waals surface area (Å²) in [4.78, 5) is 9.13. The molecule has 0 fully saturated rings. The van der Waals surface area contributed by atoms with Crippen molar-refractivity contribution in [3.8, 4) is 0 Å². The first-order valence-electron chi connectivity index (χ1n) is 5.92. The van der Waals surface area contributed by atoms with Crippen molar-refractivity contribution in [1.29, 1.82) is 0 Å². The van der Waals surface area contributed by atoms with Gasteiger partial charge in [0, 0.05) is 6.20 Å². The molecule has 18 heavy (non-hydrogen) atoms. The van der Waals surface area contributed by atoms with Gasteiger partial charge in [0.1, 0.15) is 17.0 Å². The number of imidazole rings is 1. The molecule has 3 aromatic heterocycles. The van der Waals surface area contributed by atoms with Crippen LogP contribution in [-0.4, -0.2) is 20.5 Å². The van der Waals surface area contributed by atoms with Crippen molar-refractivity contribution in [2.75, 3.05) is 5.32 Å². The third-order valence-corrected chi connectivity index (χ3v) is 2.85. The van der Waals surface area contributed by atoms with Crippen molar-refractivity contribution >= 4 is 22.6 Å². The van der Waals surface area contributed by atoms with E-state index < -0.39 is 0 Å². The van der Waals surface area contributed by atoms with Gasteiger partial charge in [0.05, 0.1) is 6.17 Å². The fraction of sp³-hybridized carbons (Fsp3) is 0.231. The van der Waals surface area contributed by atoms with E-state index >= 15 is 0 Å². The maximum Gasteiger partial charge on any atom is 0.166 e. The molecule has 3 aromatic rings. The number of aromatic nitrogens is 3. The third-order valence-electron chi connectivity index (χ3n) is 2.85. The summed E-state index contributed by atoms with van der Waals surface area (Å²) in [5.41, 5.74) is 9.52. The first kappa shape index (κ1) is 11.0. The molecule has 0 saturated carbocycles. The van der Waals surface area contributed by atoms with Gasteiger partial charge in [-0.05, 0) is 37.6 Å². The molecule has 0 spiro atoms. The molecule has 0 aromatic carbocycles. The second-order valence-electron chi connectivity index (χ2n) is 4.47. The molecule has 0 aliphatic carbocycles. The van der Waals surface area contributed by atoms with E-state index in [-0.39, 0.29) is 6.17 Å². The molecule has 1 unspecified atom stereocenters. The van der Waals surface area contributed by atoms with E-state index in [2.05, 4.69) is 15.3 Å². The fourth-order valence-corrected chi connectivity index (χ4v) is 2.05. The standard InChI is InChI=1S/C13H15N5/c1-8-4-3-7-18-12(8)16-10-5-6-11(15-9(2)14)17-13(10)18/h3-7,9H,14H2,1-2H3,(H,15,17). The zero-order valence-electron chi connectivity index (χ0n) is 10.4. The molecule has 3 rings (SSSR count). The van der Waals surface area contributed by atoms with Crippen molar-refractivity contribution in [3.05, 3.63) is 36.0 Å². The van der Waals surface area contributed by atoms with E-state index in [1.807, 2.05) is 48.7 Å². The first-order valence-corrected chi connectivity index (χ1v) is 5.92. The molecule has 5 nitrogen and oxygen atoms in total. The van der Waals surface area contributed by atoms with Gasteiger partial charge in [-0.25, -0.2) is 9.97 Å². The van der Waals surface area contributed by atoms with Crippen LogP contribution in [-0.2, 0) is 0 Å². The molecule has 0 bridgehead atoms. The maximum atomic E-state index is 5.71. The Kier molecular flexibility index (Phi) is 2.41. The Bertz CT molecular complexity index is 714. The molecule has 0 aliphatic rings. The monoisotopic (exact) mass is 241 g/mol. The summed E-state index contributed by atoms with van der Waals surface area (Å²) in [6.45, 7) is 3.92. The van der Waals surface area contributed by atoms with E-state index in [0.29, 0.717) is 0 Å². The molecular formula is C13H15N5. The van der Waals surface area contributed by atoms with Crippen LogP contribution in [0, 0.1) is 6.92 Å². The number of fused-ring (bicyclic) bond motifs is 3. The molecule has 3 N–H and O–H groups in total. The van der Waals surface area contributed by atoms with Crippen LogP contribution in [0.5, 0.6) is 0 Å². The van der Waals surface area contributed by atoms with Crippen LogP contribution in [0.2, 0.25) is 0 Å². The Hall–Kier alpha value is -2.14. The highest BCUT2D eigenvalue weighted by Crippen LogP contribution is 2.19. The van der Waals surface area contributed by atoms with Crippen LogP contribution >= 0.6 is 0 Å². The Morgan fingerprint density at radius 2 is 2.06 bits per heavy atom. The topological polar surface area (TPSA) is 68.2 Å². The number of hydrogen-bond acceptors (Lipinski definition) is 4. The van der Waals surface area contributed by atoms with Crippen LogP contribution in [0.4, 0.5) is 5.82 Å². The zero-order valence-corrected chi connectivity index (χ0v) is 10.4. The molecule has 3 heterocycles. The van der Waals surface area contributed by atoms with Crippen LogP contribution < -0.4 is 11.1 Å². The van der Waals surface area contributed by atoms with Crippen LogP contribution in [0.3, 0.4) is 0 Å². The predicted octanol–water partition coefficient (Wildman–Crippen LogP) is 1.91. The number of nitrogens with one attached hydrogen (secondary N) is 1. The van der Waals surface area contributed by atoms with E-state index in [1.54, 1.807) is 0 Å². The van der Waals surface area contributed by atoms with Gasteiger partial charge in [0.15, 0.2) is 5.65 Å². The van der Waals surface area contributed by atoms with Gasteiger partial charge in [-0.3, -0.25) is 4.40 Å². The highest BCUT2D eigenvalue weighted by atomic mass is 15.1. The van der Waals surface area contributed by atoms with Crippen molar-refractivity contribution in [1.82, 2.24) is 14.4 Å². The third kappa shape index (κ3) is 1.69. The lowest BCUT2D eigenvalue weighted by Crippen LogP contribution is -2.25. The van der Waals surface area contributed by atoms with Crippen molar-refractivity contribution in [2.45, 2.75) is 20.0 Å². The average Bonchev–Trinajstić information content (AvgIpc) is 2.68. The minimum absolute atomic E-state index is 0.129. The molecule has 0 aliphatic heterocycles. The first-order chi connectivity index (χ1) is 8.65. The Morgan fingerprint density at radius 3 is 2.83 bits per heavy atom. The molecule has 0 amide bonds. The second kappa shape index (κ2) is 3.96. The van der Waals surface area contributed by atoms with Crippen molar-refractivity contribution in [2.24, 2.45) is 5.73 Å². The number of hydrogen-bond donors (Lipinski definition) is 2. The molecule has 0 saturated heterocycles. The Balaban J connectivity index is 2.26. The summed E-state index contributed by atoms with van der Waals surface area (Å²) in [6, 6.07) is 7.89. The SMILES string of the molecule is Cc1cccn2c1nc1ccc(NC(C)N)nc12. The summed E-state index contributed by atoms with van der Waals surface area (Å²) in [5, 5.41) is 3.09.